The number of hydrogen-bond acceptors (Lipinski definition) is 4. The molecule has 0 bridgehead atoms. The maximum atomic E-state index is 12.8. The molecular weight excluding hydrogens is 342 g/mol. The molecule has 1 amide bonds. The lowest BCUT2D eigenvalue weighted by atomic mass is 10.0. The van der Waals surface area contributed by atoms with Gasteiger partial charge in [-0.3, -0.25) is 4.79 Å². The third-order valence-corrected chi connectivity index (χ3v) is 5.01. The zero-order valence-electron chi connectivity index (χ0n) is 16.5. The first-order chi connectivity index (χ1) is 12.9. The monoisotopic (exact) mass is 367 g/mol. The summed E-state index contributed by atoms with van der Waals surface area (Å²) in [6, 6.07) is 9.69. The molecule has 0 radical (unpaired) electrons. The lowest BCUT2D eigenvalue weighted by Gasteiger charge is -2.19. The molecule has 27 heavy (non-hydrogen) atoms. The largest absolute Gasteiger partial charge is 0.497 e. The van der Waals surface area contributed by atoms with E-state index in [1.165, 1.54) is 5.56 Å². The van der Waals surface area contributed by atoms with Crippen LogP contribution in [0, 0.1) is 13.8 Å². The Morgan fingerprint density at radius 3 is 2.56 bits per heavy atom. The number of furan rings is 1. The van der Waals surface area contributed by atoms with E-state index in [0.717, 1.165) is 33.4 Å². The van der Waals surface area contributed by atoms with Crippen LogP contribution in [0.2, 0.25) is 0 Å². The van der Waals surface area contributed by atoms with Crippen LogP contribution in [-0.2, 0) is 17.8 Å². The van der Waals surface area contributed by atoms with E-state index in [1.54, 1.807) is 32.4 Å². The fourth-order valence-electron chi connectivity index (χ4n) is 3.15. The molecule has 1 aromatic heterocycles. The maximum Gasteiger partial charge on any atom is 0.227 e. The summed E-state index contributed by atoms with van der Waals surface area (Å²) in [6.45, 7) is 4.55. The molecule has 0 spiro atoms. The van der Waals surface area contributed by atoms with Crippen molar-refractivity contribution in [2.75, 3.05) is 21.3 Å². The topological polar surface area (TPSA) is 51.9 Å². The number of rotatable bonds is 6. The van der Waals surface area contributed by atoms with Crippen LogP contribution in [0.1, 0.15) is 22.3 Å². The number of amides is 1. The molecule has 5 heteroatoms. The van der Waals surface area contributed by atoms with Gasteiger partial charge in [0.1, 0.15) is 17.1 Å². The number of nitrogens with zero attached hydrogens (tertiary/aromatic N) is 1. The molecule has 0 saturated carbocycles. The summed E-state index contributed by atoms with van der Waals surface area (Å²) in [7, 11) is 5.02. The van der Waals surface area contributed by atoms with Gasteiger partial charge in [0.15, 0.2) is 0 Å². The Hall–Kier alpha value is -2.95. The molecule has 0 aliphatic rings. The lowest BCUT2D eigenvalue weighted by molar-refractivity contribution is -0.129. The minimum Gasteiger partial charge on any atom is -0.497 e. The Morgan fingerprint density at radius 2 is 1.85 bits per heavy atom. The van der Waals surface area contributed by atoms with E-state index in [9.17, 15) is 4.79 Å². The molecule has 0 aliphatic carbocycles. The van der Waals surface area contributed by atoms with Crippen molar-refractivity contribution in [3.05, 3.63) is 58.8 Å². The molecule has 1 heterocycles. The fourth-order valence-corrected chi connectivity index (χ4v) is 3.15. The first kappa shape index (κ1) is 18.8. The second-order valence-corrected chi connectivity index (χ2v) is 6.75. The Labute approximate surface area is 159 Å². The van der Waals surface area contributed by atoms with Crippen LogP contribution in [0.3, 0.4) is 0 Å². The van der Waals surface area contributed by atoms with Crippen molar-refractivity contribution in [2.24, 2.45) is 0 Å². The standard InChI is InChI=1S/C22H25NO4/c1-14-6-9-19-17(13-27-22(19)15(14)2)10-21(24)23(3)12-16-7-8-18(25-4)11-20(16)26-5/h6-9,11,13H,10,12H2,1-5H3. The van der Waals surface area contributed by atoms with Crippen LogP contribution in [0.4, 0.5) is 0 Å². The van der Waals surface area contributed by atoms with Crippen LogP contribution in [0.25, 0.3) is 11.0 Å². The smallest absolute Gasteiger partial charge is 0.227 e. The maximum absolute atomic E-state index is 12.8. The van der Waals surface area contributed by atoms with Crippen molar-refractivity contribution < 1.29 is 18.7 Å². The predicted molar refractivity (Wildman–Crippen MR) is 105 cm³/mol. The summed E-state index contributed by atoms with van der Waals surface area (Å²) in [6.07, 6.45) is 1.99. The molecule has 5 nitrogen and oxygen atoms in total. The predicted octanol–water partition coefficient (Wildman–Crippen LogP) is 4.27. The van der Waals surface area contributed by atoms with Crippen molar-refractivity contribution in [3.63, 3.8) is 0 Å². The minimum absolute atomic E-state index is 0.0220. The first-order valence-electron chi connectivity index (χ1n) is 8.85. The Morgan fingerprint density at radius 1 is 1.07 bits per heavy atom. The van der Waals surface area contributed by atoms with E-state index >= 15 is 0 Å². The Balaban J connectivity index is 1.76. The van der Waals surface area contributed by atoms with Gasteiger partial charge in [-0.05, 0) is 37.1 Å². The third-order valence-electron chi connectivity index (χ3n) is 5.01. The SMILES string of the molecule is COc1ccc(CN(C)C(=O)Cc2coc3c(C)c(C)ccc23)c(OC)c1. The van der Waals surface area contributed by atoms with Crippen LogP contribution in [0.5, 0.6) is 11.5 Å². The molecule has 0 saturated heterocycles. The fraction of sp³-hybridized carbons (Fsp3) is 0.318. The van der Waals surface area contributed by atoms with Crippen LogP contribution in [-0.4, -0.2) is 32.1 Å². The normalized spacial score (nSPS) is 10.9. The number of fused-ring (bicyclic) bond motifs is 1. The highest BCUT2D eigenvalue weighted by Crippen LogP contribution is 2.28. The minimum atomic E-state index is 0.0220. The molecule has 0 N–H and O–H groups in total. The van der Waals surface area contributed by atoms with Gasteiger partial charge in [-0.15, -0.1) is 0 Å². The number of likely N-dealkylation sites (N-methyl/N-ethyl adjacent to an activating group) is 1. The highest BCUT2D eigenvalue weighted by atomic mass is 16.5. The molecule has 0 unspecified atom stereocenters. The van der Waals surface area contributed by atoms with Gasteiger partial charge >= 0.3 is 0 Å². The zero-order chi connectivity index (χ0) is 19.6. The van der Waals surface area contributed by atoms with Gasteiger partial charge in [-0.1, -0.05) is 12.1 Å². The quantitative estimate of drug-likeness (QED) is 0.653. The van der Waals surface area contributed by atoms with Crippen molar-refractivity contribution in [1.29, 1.82) is 0 Å². The molecule has 3 rings (SSSR count). The van der Waals surface area contributed by atoms with Gasteiger partial charge in [0.05, 0.1) is 26.9 Å². The second kappa shape index (κ2) is 7.74. The van der Waals surface area contributed by atoms with Crippen LogP contribution in [0.15, 0.2) is 41.0 Å². The van der Waals surface area contributed by atoms with Gasteiger partial charge in [0.25, 0.3) is 0 Å². The molecule has 3 aromatic rings. The molecule has 142 valence electrons. The summed E-state index contributed by atoms with van der Waals surface area (Å²) in [4.78, 5) is 14.5. The van der Waals surface area contributed by atoms with E-state index in [4.69, 9.17) is 13.9 Å². The highest BCUT2D eigenvalue weighted by Gasteiger charge is 2.17. The summed E-state index contributed by atoms with van der Waals surface area (Å²) >= 11 is 0. The Bertz CT molecular complexity index is 974. The second-order valence-electron chi connectivity index (χ2n) is 6.75. The number of carbonyl (C=O) groups excluding carboxylic acids is 1. The van der Waals surface area contributed by atoms with Gasteiger partial charge in [0.2, 0.25) is 5.91 Å². The van der Waals surface area contributed by atoms with Gasteiger partial charge in [-0.25, -0.2) is 0 Å². The lowest BCUT2D eigenvalue weighted by Crippen LogP contribution is -2.27. The number of aryl methyl sites for hydroxylation is 2. The molecule has 0 fully saturated rings. The highest BCUT2D eigenvalue weighted by molar-refractivity contribution is 5.89. The number of methoxy groups -OCH3 is 2. The Kier molecular flexibility index (Phi) is 5.40. The summed E-state index contributed by atoms with van der Waals surface area (Å²) < 4.78 is 16.4. The summed E-state index contributed by atoms with van der Waals surface area (Å²) in [5.74, 6) is 1.45. The van der Waals surface area contributed by atoms with Crippen molar-refractivity contribution >= 4 is 16.9 Å². The first-order valence-corrected chi connectivity index (χ1v) is 8.85. The summed E-state index contributed by atoms with van der Waals surface area (Å²) in [5.41, 5.74) is 4.99. The molecular formula is C22H25NO4. The van der Waals surface area contributed by atoms with E-state index < -0.39 is 0 Å². The van der Waals surface area contributed by atoms with Crippen LogP contribution >= 0.6 is 0 Å². The van der Waals surface area contributed by atoms with E-state index in [1.807, 2.05) is 31.2 Å². The van der Waals surface area contributed by atoms with Gasteiger partial charge in [-0.2, -0.15) is 0 Å². The van der Waals surface area contributed by atoms with E-state index in [-0.39, 0.29) is 5.91 Å². The van der Waals surface area contributed by atoms with Crippen molar-refractivity contribution in [3.8, 4) is 11.5 Å². The van der Waals surface area contributed by atoms with Gasteiger partial charge < -0.3 is 18.8 Å². The molecule has 0 atom stereocenters. The summed E-state index contributed by atoms with van der Waals surface area (Å²) in [5, 5.41) is 1.00. The zero-order valence-corrected chi connectivity index (χ0v) is 16.5. The molecule has 0 aliphatic heterocycles. The van der Waals surface area contributed by atoms with E-state index in [2.05, 4.69) is 13.0 Å². The molecule has 2 aromatic carbocycles. The number of carbonyl (C=O) groups is 1. The average molecular weight is 367 g/mol. The average Bonchev–Trinajstić information content (AvgIpc) is 3.08. The van der Waals surface area contributed by atoms with Crippen molar-refractivity contribution in [2.45, 2.75) is 26.8 Å². The van der Waals surface area contributed by atoms with Gasteiger partial charge in [0, 0.05) is 36.2 Å². The van der Waals surface area contributed by atoms with Crippen molar-refractivity contribution in [1.82, 2.24) is 4.90 Å². The third kappa shape index (κ3) is 3.77. The van der Waals surface area contributed by atoms with E-state index in [0.29, 0.717) is 18.7 Å². The van der Waals surface area contributed by atoms with Crippen LogP contribution < -0.4 is 9.47 Å². The number of hydrogen-bond donors (Lipinski definition) is 0. The number of benzene rings is 2. The number of ether oxygens (including phenoxy) is 2.